The van der Waals surface area contributed by atoms with Gasteiger partial charge in [0, 0.05) is 6.54 Å². The topological polar surface area (TPSA) is 76.1 Å². The van der Waals surface area contributed by atoms with Crippen molar-refractivity contribution in [3.63, 3.8) is 0 Å². The lowest BCUT2D eigenvalue weighted by Gasteiger charge is -2.13. The van der Waals surface area contributed by atoms with E-state index in [0.29, 0.717) is 33.9 Å². The van der Waals surface area contributed by atoms with Crippen molar-refractivity contribution in [2.24, 2.45) is 0 Å². The van der Waals surface area contributed by atoms with Crippen LogP contribution in [0.4, 0.5) is 0 Å². The number of ether oxygens (including phenoxy) is 2. The lowest BCUT2D eigenvalue weighted by molar-refractivity contribution is -0.137. The third-order valence-corrected chi connectivity index (χ3v) is 6.12. The quantitative estimate of drug-likeness (QED) is 0.221. The number of carboxylic acids is 1. The summed E-state index contributed by atoms with van der Waals surface area (Å²) >= 11 is 6.41. The number of hydrogen-bond donors (Lipinski definition) is 1. The van der Waals surface area contributed by atoms with Crippen LogP contribution in [0.3, 0.4) is 0 Å². The minimum atomic E-state index is -0.962. The molecular weight excluding hydrogens is 434 g/mol. The molecule has 0 atom stereocenters. The number of thioether (sulfide) groups is 1. The van der Waals surface area contributed by atoms with Gasteiger partial charge in [0.1, 0.15) is 4.32 Å². The molecule has 0 aliphatic carbocycles. The van der Waals surface area contributed by atoms with Gasteiger partial charge in [-0.3, -0.25) is 14.5 Å². The molecule has 1 N–H and O–H groups in total. The third kappa shape index (κ3) is 8.18. The largest absolute Gasteiger partial charge is 0.490 e. The summed E-state index contributed by atoms with van der Waals surface area (Å²) in [4.78, 5) is 25.2. The number of benzene rings is 1. The normalized spacial score (nSPS) is 15.0. The van der Waals surface area contributed by atoms with Gasteiger partial charge in [0.05, 0.1) is 24.5 Å². The van der Waals surface area contributed by atoms with Crippen LogP contribution in [-0.4, -0.2) is 46.0 Å². The number of carbonyl (C=O) groups is 2. The summed E-state index contributed by atoms with van der Waals surface area (Å²) in [6, 6.07) is 5.59. The van der Waals surface area contributed by atoms with Crippen molar-refractivity contribution in [3.05, 3.63) is 28.7 Å². The third-order valence-electron chi connectivity index (χ3n) is 4.74. The van der Waals surface area contributed by atoms with Gasteiger partial charge < -0.3 is 14.6 Å². The molecule has 1 saturated heterocycles. The molecule has 1 amide bonds. The standard InChI is InChI=1S/C23H31NO5S2/c1-3-5-6-7-8-9-14-29-18-11-10-17(15-19(18)28-4-2)16-20-22(27)24(23(30)31-20)13-12-21(25)26/h10-11,15-16H,3-9,12-14H2,1-2H3,(H,25,26)/b20-16+. The average Bonchev–Trinajstić information content (AvgIpc) is 2.99. The molecule has 0 radical (unpaired) electrons. The van der Waals surface area contributed by atoms with Gasteiger partial charge in [-0.2, -0.15) is 0 Å². The number of carbonyl (C=O) groups excluding carboxylic acids is 1. The SMILES string of the molecule is CCCCCCCCOc1ccc(/C=C2/SC(=S)N(CCC(=O)O)C2=O)cc1OCC. The number of rotatable bonds is 14. The summed E-state index contributed by atoms with van der Waals surface area (Å²) in [5.74, 6) is 0.110. The fourth-order valence-corrected chi connectivity index (χ4v) is 4.43. The molecule has 1 heterocycles. The molecular formula is C23H31NO5S2. The lowest BCUT2D eigenvalue weighted by Crippen LogP contribution is -2.30. The number of unbranched alkanes of at least 4 members (excludes halogenated alkanes) is 5. The van der Waals surface area contributed by atoms with Gasteiger partial charge in [0.25, 0.3) is 5.91 Å². The van der Waals surface area contributed by atoms with Gasteiger partial charge in [-0.25, -0.2) is 0 Å². The maximum Gasteiger partial charge on any atom is 0.305 e. The first kappa shape index (κ1) is 25.2. The summed E-state index contributed by atoms with van der Waals surface area (Å²) in [6.45, 7) is 5.36. The van der Waals surface area contributed by atoms with E-state index in [1.165, 1.54) is 42.3 Å². The Morgan fingerprint density at radius 2 is 1.87 bits per heavy atom. The van der Waals surface area contributed by atoms with Crippen LogP contribution in [0.15, 0.2) is 23.1 Å². The number of thiocarbonyl (C=S) groups is 1. The van der Waals surface area contributed by atoms with Crippen LogP contribution in [0.2, 0.25) is 0 Å². The van der Waals surface area contributed by atoms with Gasteiger partial charge in [0.15, 0.2) is 11.5 Å². The summed E-state index contributed by atoms with van der Waals surface area (Å²) in [5, 5.41) is 8.85. The highest BCUT2D eigenvalue weighted by Crippen LogP contribution is 2.35. The Kier molecular flexibility index (Phi) is 10.9. The van der Waals surface area contributed by atoms with E-state index in [9.17, 15) is 9.59 Å². The highest BCUT2D eigenvalue weighted by Gasteiger charge is 2.32. The minimum absolute atomic E-state index is 0.0761. The van der Waals surface area contributed by atoms with E-state index < -0.39 is 5.97 Å². The Morgan fingerprint density at radius 1 is 1.13 bits per heavy atom. The van der Waals surface area contributed by atoms with E-state index in [1.807, 2.05) is 25.1 Å². The maximum absolute atomic E-state index is 12.6. The van der Waals surface area contributed by atoms with Crippen molar-refractivity contribution in [3.8, 4) is 11.5 Å². The highest BCUT2D eigenvalue weighted by atomic mass is 32.2. The molecule has 0 aromatic heterocycles. The van der Waals surface area contributed by atoms with Crippen molar-refractivity contribution in [2.75, 3.05) is 19.8 Å². The Balaban J connectivity index is 2.00. The molecule has 1 aromatic rings. The monoisotopic (exact) mass is 465 g/mol. The Labute approximate surface area is 194 Å². The molecule has 1 fully saturated rings. The van der Waals surface area contributed by atoms with Gasteiger partial charge >= 0.3 is 5.97 Å². The fraction of sp³-hybridized carbons (Fsp3) is 0.522. The predicted octanol–water partition coefficient (Wildman–Crippen LogP) is 5.50. The van der Waals surface area contributed by atoms with E-state index in [4.69, 9.17) is 26.8 Å². The van der Waals surface area contributed by atoms with Crippen LogP contribution in [0.1, 0.15) is 64.4 Å². The average molecular weight is 466 g/mol. The molecule has 6 nitrogen and oxygen atoms in total. The van der Waals surface area contributed by atoms with Crippen LogP contribution in [0, 0.1) is 0 Å². The molecule has 0 saturated carbocycles. The number of amides is 1. The molecule has 31 heavy (non-hydrogen) atoms. The van der Waals surface area contributed by atoms with Gasteiger partial charge in [-0.1, -0.05) is 69.1 Å². The number of carboxylic acid groups (broad SMARTS) is 1. The Hall–Kier alpha value is -2.06. The molecule has 0 unspecified atom stereocenters. The molecule has 1 aliphatic heterocycles. The summed E-state index contributed by atoms with van der Waals surface area (Å²) in [5.41, 5.74) is 0.800. The van der Waals surface area contributed by atoms with Crippen LogP contribution in [0.25, 0.3) is 6.08 Å². The van der Waals surface area contributed by atoms with E-state index in [0.717, 1.165) is 18.4 Å². The van der Waals surface area contributed by atoms with E-state index in [1.54, 1.807) is 6.08 Å². The Morgan fingerprint density at radius 3 is 2.58 bits per heavy atom. The number of nitrogens with zero attached hydrogens (tertiary/aromatic N) is 1. The first-order valence-corrected chi connectivity index (χ1v) is 12.1. The van der Waals surface area contributed by atoms with Crippen LogP contribution in [-0.2, 0) is 9.59 Å². The zero-order valence-electron chi connectivity index (χ0n) is 18.2. The van der Waals surface area contributed by atoms with Gasteiger partial charge in [0.2, 0.25) is 0 Å². The van der Waals surface area contributed by atoms with Crippen molar-refractivity contribution >= 4 is 46.3 Å². The molecule has 1 aromatic carbocycles. The van der Waals surface area contributed by atoms with Crippen molar-refractivity contribution in [1.82, 2.24) is 4.90 Å². The smallest absolute Gasteiger partial charge is 0.305 e. The van der Waals surface area contributed by atoms with Crippen LogP contribution in [0.5, 0.6) is 11.5 Å². The van der Waals surface area contributed by atoms with E-state index in [-0.39, 0.29) is 18.9 Å². The second-order valence-corrected chi connectivity index (χ2v) is 8.91. The van der Waals surface area contributed by atoms with Crippen LogP contribution >= 0.6 is 24.0 Å². The first-order valence-electron chi connectivity index (χ1n) is 10.8. The number of hydrogen-bond acceptors (Lipinski definition) is 6. The van der Waals surface area contributed by atoms with Crippen molar-refractivity contribution in [1.29, 1.82) is 0 Å². The summed E-state index contributed by atoms with van der Waals surface area (Å²) in [6.07, 6.45) is 8.82. The zero-order valence-corrected chi connectivity index (χ0v) is 19.9. The predicted molar refractivity (Wildman–Crippen MR) is 129 cm³/mol. The minimum Gasteiger partial charge on any atom is -0.490 e. The fourth-order valence-electron chi connectivity index (χ4n) is 3.12. The molecule has 0 bridgehead atoms. The zero-order chi connectivity index (χ0) is 22.6. The summed E-state index contributed by atoms with van der Waals surface area (Å²) in [7, 11) is 0. The number of aliphatic carboxylic acids is 1. The van der Waals surface area contributed by atoms with E-state index in [2.05, 4.69) is 6.92 Å². The van der Waals surface area contributed by atoms with Gasteiger partial charge in [-0.05, 0) is 37.1 Å². The molecule has 170 valence electrons. The second kappa shape index (κ2) is 13.4. The summed E-state index contributed by atoms with van der Waals surface area (Å²) < 4.78 is 12.0. The van der Waals surface area contributed by atoms with Gasteiger partial charge in [-0.15, -0.1) is 0 Å². The van der Waals surface area contributed by atoms with Crippen molar-refractivity contribution < 1.29 is 24.2 Å². The molecule has 8 heteroatoms. The van der Waals surface area contributed by atoms with Crippen molar-refractivity contribution in [2.45, 2.75) is 58.8 Å². The molecule has 1 aliphatic rings. The second-order valence-electron chi connectivity index (χ2n) is 7.23. The Bertz CT molecular complexity index is 809. The lowest BCUT2D eigenvalue weighted by atomic mass is 10.1. The molecule has 0 spiro atoms. The first-order chi connectivity index (χ1) is 15.0. The highest BCUT2D eigenvalue weighted by molar-refractivity contribution is 8.26. The molecule has 2 rings (SSSR count). The maximum atomic E-state index is 12.6. The van der Waals surface area contributed by atoms with E-state index >= 15 is 0 Å². The van der Waals surface area contributed by atoms with Crippen LogP contribution < -0.4 is 9.47 Å².